The third-order valence-corrected chi connectivity index (χ3v) is 7.94. The fraction of sp³-hybridized carbons (Fsp3) is 0.409. The fourth-order valence-corrected chi connectivity index (χ4v) is 5.99. The van der Waals surface area contributed by atoms with E-state index in [1.54, 1.807) is 37.7 Å². The van der Waals surface area contributed by atoms with E-state index >= 15 is 0 Å². The summed E-state index contributed by atoms with van der Waals surface area (Å²) in [5.74, 6) is 0.278. The van der Waals surface area contributed by atoms with Gasteiger partial charge in [-0.05, 0) is 49.7 Å². The smallest absolute Gasteiger partial charge is 0.268 e. The molecule has 2 aromatic heterocycles. The largest absolute Gasteiger partial charge is 0.380 e. The average molecular weight is 427 g/mol. The minimum atomic E-state index is -3.75. The van der Waals surface area contributed by atoms with Gasteiger partial charge in [-0.2, -0.15) is 0 Å². The van der Waals surface area contributed by atoms with Crippen LogP contribution >= 0.6 is 0 Å². The Morgan fingerprint density at radius 2 is 2.10 bits per heavy atom. The van der Waals surface area contributed by atoms with Crippen LogP contribution in [0.4, 0.5) is 5.69 Å². The van der Waals surface area contributed by atoms with Gasteiger partial charge in [0.15, 0.2) is 0 Å². The zero-order valence-electron chi connectivity index (χ0n) is 17.0. The molecule has 2 fully saturated rings. The number of pyridine rings is 1. The van der Waals surface area contributed by atoms with Gasteiger partial charge in [0.2, 0.25) is 0 Å². The van der Waals surface area contributed by atoms with Gasteiger partial charge < -0.3 is 15.0 Å². The molecular weight excluding hydrogens is 400 g/mol. The number of anilines is 1. The van der Waals surface area contributed by atoms with E-state index in [4.69, 9.17) is 4.74 Å². The lowest BCUT2D eigenvalue weighted by atomic mass is 10.0. The molecule has 5 rings (SSSR count). The zero-order chi connectivity index (χ0) is 20.7. The van der Waals surface area contributed by atoms with Crippen molar-refractivity contribution < 1.29 is 13.2 Å². The second kappa shape index (κ2) is 7.68. The Balaban J connectivity index is 1.56. The molecule has 1 aromatic carbocycles. The molecule has 2 unspecified atom stereocenters. The molecule has 3 aromatic rings. The van der Waals surface area contributed by atoms with E-state index in [-0.39, 0.29) is 16.9 Å². The summed E-state index contributed by atoms with van der Waals surface area (Å²) in [7, 11) is -2.03. The van der Waals surface area contributed by atoms with Crippen LogP contribution in [-0.2, 0) is 14.8 Å². The standard InChI is InChI=1S/C22H26N4O3S/c1-29-18-8-11-25(14-18)17-4-2-5-19(12-17)30(27,28)26-15-20(16-7-10-23-13-16)22-21(26)6-3-9-24-22/h2-6,9,12,15-16,18,23H,7-8,10-11,13-14H2,1H3. The number of hydrogen-bond acceptors (Lipinski definition) is 6. The summed E-state index contributed by atoms with van der Waals surface area (Å²) in [6.07, 6.45) is 5.62. The topological polar surface area (TPSA) is 76.5 Å². The summed E-state index contributed by atoms with van der Waals surface area (Å²) in [6.45, 7) is 3.42. The van der Waals surface area contributed by atoms with Crippen molar-refractivity contribution in [2.45, 2.75) is 29.8 Å². The van der Waals surface area contributed by atoms with Crippen molar-refractivity contribution in [2.24, 2.45) is 0 Å². The molecule has 158 valence electrons. The highest BCUT2D eigenvalue weighted by molar-refractivity contribution is 7.90. The molecule has 30 heavy (non-hydrogen) atoms. The minimum Gasteiger partial charge on any atom is -0.380 e. The van der Waals surface area contributed by atoms with Crippen LogP contribution in [-0.4, -0.2) is 56.8 Å². The normalized spacial score (nSPS) is 22.2. The van der Waals surface area contributed by atoms with Crippen molar-refractivity contribution in [1.82, 2.24) is 14.3 Å². The molecule has 0 amide bonds. The summed E-state index contributed by atoms with van der Waals surface area (Å²) >= 11 is 0. The molecule has 0 bridgehead atoms. The number of rotatable bonds is 5. The molecule has 2 aliphatic rings. The summed E-state index contributed by atoms with van der Waals surface area (Å²) < 4.78 is 34.1. The van der Waals surface area contributed by atoms with E-state index in [2.05, 4.69) is 15.2 Å². The van der Waals surface area contributed by atoms with Crippen LogP contribution < -0.4 is 10.2 Å². The molecule has 0 aliphatic carbocycles. The number of fused-ring (bicyclic) bond motifs is 1. The Bertz CT molecular complexity index is 1170. The maximum atomic E-state index is 13.6. The predicted octanol–water partition coefficient (Wildman–Crippen LogP) is 2.58. The van der Waals surface area contributed by atoms with Gasteiger partial charge in [-0.15, -0.1) is 0 Å². The predicted molar refractivity (Wildman–Crippen MR) is 117 cm³/mol. The second-order valence-electron chi connectivity index (χ2n) is 8.04. The first kappa shape index (κ1) is 19.5. The Labute approximate surface area is 176 Å². The van der Waals surface area contributed by atoms with Crippen molar-refractivity contribution in [3.8, 4) is 0 Å². The van der Waals surface area contributed by atoms with Crippen LogP contribution in [0.25, 0.3) is 11.0 Å². The van der Waals surface area contributed by atoms with Gasteiger partial charge in [-0.3, -0.25) is 4.98 Å². The second-order valence-corrected chi connectivity index (χ2v) is 9.85. The lowest BCUT2D eigenvalue weighted by Gasteiger charge is -2.19. The number of nitrogens with zero attached hydrogens (tertiary/aromatic N) is 3. The van der Waals surface area contributed by atoms with Gasteiger partial charge in [0.25, 0.3) is 10.0 Å². The molecule has 0 saturated carbocycles. The van der Waals surface area contributed by atoms with Crippen molar-refractivity contribution in [2.75, 3.05) is 38.2 Å². The molecule has 2 saturated heterocycles. The number of nitrogens with one attached hydrogen (secondary N) is 1. The van der Waals surface area contributed by atoms with Crippen LogP contribution in [0, 0.1) is 0 Å². The Morgan fingerprint density at radius 1 is 1.20 bits per heavy atom. The maximum Gasteiger partial charge on any atom is 0.268 e. The monoisotopic (exact) mass is 426 g/mol. The van der Waals surface area contributed by atoms with E-state index in [0.717, 1.165) is 55.8 Å². The SMILES string of the molecule is COC1CCN(c2cccc(S(=O)(=O)n3cc(C4CCNC4)c4ncccc43)c2)C1. The van der Waals surface area contributed by atoms with Gasteiger partial charge in [0.1, 0.15) is 0 Å². The Kier molecular flexibility index (Phi) is 5.00. The quantitative estimate of drug-likeness (QED) is 0.676. The lowest BCUT2D eigenvalue weighted by Crippen LogP contribution is -2.22. The highest BCUT2D eigenvalue weighted by Gasteiger charge is 2.28. The third-order valence-electron chi connectivity index (χ3n) is 6.27. The van der Waals surface area contributed by atoms with Crippen LogP contribution in [0.2, 0.25) is 0 Å². The molecule has 0 spiro atoms. The van der Waals surface area contributed by atoms with Crippen LogP contribution in [0.3, 0.4) is 0 Å². The molecule has 1 N–H and O–H groups in total. The van der Waals surface area contributed by atoms with E-state index < -0.39 is 10.0 Å². The number of methoxy groups -OCH3 is 1. The highest BCUT2D eigenvalue weighted by atomic mass is 32.2. The fourth-order valence-electron chi connectivity index (χ4n) is 4.58. The summed E-state index contributed by atoms with van der Waals surface area (Å²) in [5, 5.41) is 3.36. The minimum absolute atomic E-state index is 0.187. The van der Waals surface area contributed by atoms with Crippen molar-refractivity contribution in [3.05, 3.63) is 54.4 Å². The molecule has 2 atom stereocenters. The van der Waals surface area contributed by atoms with Gasteiger partial charge in [0, 0.05) is 56.3 Å². The molecular formula is C22H26N4O3S. The summed E-state index contributed by atoms with van der Waals surface area (Å²) in [4.78, 5) is 6.98. The average Bonchev–Trinajstić information content (AvgIpc) is 3.53. The Hall–Kier alpha value is -2.42. The van der Waals surface area contributed by atoms with E-state index in [1.807, 2.05) is 18.2 Å². The van der Waals surface area contributed by atoms with Gasteiger partial charge in [0.05, 0.1) is 22.0 Å². The number of aromatic nitrogens is 2. The van der Waals surface area contributed by atoms with Crippen LogP contribution in [0.5, 0.6) is 0 Å². The number of benzene rings is 1. The van der Waals surface area contributed by atoms with Crippen LogP contribution in [0.15, 0.2) is 53.7 Å². The van der Waals surface area contributed by atoms with Gasteiger partial charge in [-0.25, -0.2) is 12.4 Å². The zero-order valence-corrected chi connectivity index (χ0v) is 17.8. The van der Waals surface area contributed by atoms with Crippen molar-refractivity contribution in [1.29, 1.82) is 0 Å². The van der Waals surface area contributed by atoms with E-state index in [1.165, 1.54) is 3.97 Å². The molecule has 0 radical (unpaired) electrons. The Morgan fingerprint density at radius 3 is 2.87 bits per heavy atom. The first-order valence-corrected chi connectivity index (χ1v) is 11.8. The lowest BCUT2D eigenvalue weighted by molar-refractivity contribution is 0.121. The van der Waals surface area contributed by atoms with E-state index in [0.29, 0.717) is 5.52 Å². The van der Waals surface area contributed by atoms with Gasteiger partial charge in [-0.1, -0.05) is 6.07 Å². The first-order valence-electron chi connectivity index (χ1n) is 10.4. The van der Waals surface area contributed by atoms with Gasteiger partial charge >= 0.3 is 0 Å². The van der Waals surface area contributed by atoms with Crippen molar-refractivity contribution in [3.63, 3.8) is 0 Å². The molecule has 8 heteroatoms. The maximum absolute atomic E-state index is 13.6. The molecule has 2 aliphatic heterocycles. The number of ether oxygens (including phenoxy) is 1. The van der Waals surface area contributed by atoms with E-state index in [9.17, 15) is 8.42 Å². The summed E-state index contributed by atoms with van der Waals surface area (Å²) in [5.41, 5.74) is 3.31. The first-order chi connectivity index (χ1) is 14.6. The molecule has 4 heterocycles. The number of hydrogen-bond donors (Lipinski definition) is 1. The molecule has 7 nitrogen and oxygen atoms in total. The van der Waals surface area contributed by atoms with Crippen LogP contribution in [0.1, 0.15) is 24.3 Å². The van der Waals surface area contributed by atoms with Crippen molar-refractivity contribution >= 4 is 26.7 Å². The highest BCUT2D eigenvalue weighted by Crippen LogP contribution is 2.33. The summed E-state index contributed by atoms with van der Waals surface area (Å²) in [6, 6.07) is 10.8. The third kappa shape index (κ3) is 3.29.